The number of ether oxygens (including phenoxy) is 3. The third-order valence-electron chi connectivity index (χ3n) is 3.25. The lowest BCUT2D eigenvalue weighted by Crippen LogP contribution is -2.10. The molecule has 0 fully saturated rings. The largest absolute Gasteiger partial charge is 0.496 e. The lowest BCUT2D eigenvalue weighted by molar-refractivity contribution is 0.0675. The highest BCUT2D eigenvalue weighted by atomic mass is 79.9. The molecule has 4 heteroatoms. The molecule has 0 aliphatic rings. The summed E-state index contributed by atoms with van der Waals surface area (Å²) in [5.41, 5.74) is 1.28. The molecule has 1 unspecified atom stereocenters. The van der Waals surface area contributed by atoms with E-state index in [2.05, 4.69) is 28.1 Å². The fourth-order valence-electron chi connectivity index (χ4n) is 2.13. The Morgan fingerprint density at radius 2 is 1.90 bits per heavy atom. The van der Waals surface area contributed by atoms with Gasteiger partial charge in [-0.3, -0.25) is 0 Å². The van der Waals surface area contributed by atoms with E-state index in [1.165, 1.54) is 5.56 Å². The summed E-state index contributed by atoms with van der Waals surface area (Å²) in [6, 6.07) is 8.24. The number of hydrogen-bond acceptors (Lipinski definition) is 3. The molecule has 0 saturated carbocycles. The second-order valence-electron chi connectivity index (χ2n) is 4.78. The Morgan fingerprint density at radius 3 is 2.60 bits per heavy atom. The predicted octanol–water partition coefficient (Wildman–Crippen LogP) is 3.69. The van der Waals surface area contributed by atoms with E-state index in [9.17, 15) is 0 Å². The van der Waals surface area contributed by atoms with Crippen molar-refractivity contribution in [3.8, 4) is 5.75 Å². The number of alkyl halides is 1. The van der Waals surface area contributed by atoms with Crippen LogP contribution in [0.25, 0.3) is 0 Å². The maximum atomic E-state index is 5.50. The van der Waals surface area contributed by atoms with Crippen LogP contribution in [0.2, 0.25) is 0 Å². The summed E-state index contributed by atoms with van der Waals surface area (Å²) in [5, 5.41) is 1.00. The summed E-state index contributed by atoms with van der Waals surface area (Å²) in [7, 11) is 3.42. The molecule has 0 aromatic heterocycles. The lowest BCUT2D eigenvalue weighted by atomic mass is 9.96. The van der Waals surface area contributed by atoms with Gasteiger partial charge in [0.25, 0.3) is 0 Å². The van der Waals surface area contributed by atoms with Gasteiger partial charge in [0.15, 0.2) is 0 Å². The third-order valence-corrected chi connectivity index (χ3v) is 4.17. The Labute approximate surface area is 130 Å². The van der Waals surface area contributed by atoms with Gasteiger partial charge in [0, 0.05) is 19.0 Å². The van der Waals surface area contributed by atoms with Crippen LogP contribution in [0.5, 0.6) is 5.75 Å². The van der Waals surface area contributed by atoms with Crippen LogP contribution in [-0.2, 0) is 15.9 Å². The number of para-hydroxylation sites is 1. The van der Waals surface area contributed by atoms with Gasteiger partial charge in [-0.1, -0.05) is 34.1 Å². The van der Waals surface area contributed by atoms with Crippen molar-refractivity contribution < 1.29 is 14.2 Å². The number of benzene rings is 1. The molecule has 1 rings (SSSR count). The van der Waals surface area contributed by atoms with E-state index in [1.807, 2.05) is 12.1 Å². The average Bonchev–Trinajstić information content (AvgIpc) is 2.50. The number of hydrogen-bond donors (Lipinski definition) is 0. The fourth-order valence-corrected chi connectivity index (χ4v) is 2.69. The molecule has 0 spiro atoms. The van der Waals surface area contributed by atoms with Crippen LogP contribution in [-0.4, -0.2) is 39.4 Å². The molecule has 1 atom stereocenters. The molecule has 0 saturated heterocycles. The summed E-state index contributed by atoms with van der Waals surface area (Å²) in [4.78, 5) is 0. The summed E-state index contributed by atoms with van der Waals surface area (Å²) >= 11 is 3.61. The normalized spacial score (nSPS) is 12.3. The molecule has 0 aliphatic heterocycles. The van der Waals surface area contributed by atoms with E-state index in [0.717, 1.165) is 36.9 Å². The minimum atomic E-state index is 0.609. The predicted molar refractivity (Wildman–Crippen MR) is 85.9 cm³/mol. The zero-order valence-corrected chi connectivity index (χ0v) is 14.0. The first-order valence-corrected chi connectivity index (χ1v) is 8.18. The smallest absolute Gasteiger partial charge is 0.122 e. The molecule has 114 valence electrons. The topological polar surface area (TPSA) is 27.7 Å². The molecule has 0 amide bonds. The fraction of sp³-hybridized carbons (Fsp3) is 0.625. The van der Waals surface area contributed by atoms with Crippen LogP contribution < -0.4 is 4.74 Å². The van der Waals surface area contributed by atoms with E-state index in [1.54, 1.807) is 14.2 Å². The zero-order valence-electron chi connectivity index (χ0n) is 12.4. The van der Waals surface area contributed by atoms with Gasteiger partial charge in [-0.15, -0.1) is 0 Å². The zero-order chi connectivity index (χ0) is 14.6. The van der Waals surface area contributed by atoms with Gasteiger partial charge < -0.3 is 14.2 Å². The Morgan fingerprint density at radius 1 is 1.10 bits per heavy atom. The third kappa shape index (κ3) is 6.73. The first-order valence-electron chi connectivity index (χ1n) is 7.06. The second kappa shape index (κ2) is 11.1. The quantitative estimate of drug-likeness (QED) is 0.452. The van der Waals surface area contributed by atoms with Crippen LogP contribution in [0.1, 0.15) is 18.4 Å². The molecule has 1 aromatic rings. The number of rotatable bonds is 11. The monoisotopic (exact) mass is 344 g/mol. The van der Waals surface area contributed by atoms with Crippen molar-refractivity contribution in [3.63, 3.8) is 0 Å². The Balaban J connectivity index is 2.31. The van der Waals surface area contributed by atoms with Crippen LogP contribution in [0.3, 0.4) is 0 Å². The van der Waals surface area contributed by atoms with Gasteiger partial charge >= 0.3 is 0 Å². The highest BCUT2D eigenvalue weighted by Gasteiger charge is 2.11. The van der Waals surface area contributed by atoms with Crippen molar-refractivity contribution in [1.29, 1.82) is 0 Å². The van der Waals surface area contributed by atoms with E-state index >= 15 is 0 Å². The van der Waals surface area contributed by atoms with Crippen LogP contribution in [0, 0.1) is 5.92 Å². The van der Waals surface area contributed by atoms with Crippen molar-refractivity contribution in [2.24, 2.45) is 5.92 Å². The number of methoxy groups -OCH3 is 2. The van der Waals surface area contributed by atoms with Gasteiger partial charge in [0.05, 0.1) is 20.3 Å². The molecular formula is C16H25BrO3. The summed E-state index contributed by atoms with van der Waals surface area (Å²) in [6.45, 7) is 2.16. The SMILES string of the molecule is COCCOCCCC(CBr)Cc1ccccc1OC. The molecule has 1 aromatic carbocycles. The molecule has 0 radical (unpaired) electrons. The molecular weight excluding hydrogens is 320 g/mol. The summed E-state index contributed by atoms with van der Waals surface area (Å²) < 4.78 is 15.9. The standard InChI is InChI=1S/C16H25BrO3/c1-18-10-11-20-9-5-6-14(13-17)12-15-7-3-4-8-16(15)19-2/h3-4,7-8,14H,5-6,9-13H2,1-2H3. The summed E-state index contributed by atoms with van der Waals surface area (Å²) in [6.07, 6.45) is 3.26. The van der Waals surface area contributed by atoms with E-state index in [4.69, 9.17) is 14.2 Å². The van der Waals surface area contributed by atoms with Gasteiger partial charge in [0.2, 0.25) is 0 Å². The molecule has 0 aliphatic carbocycles. The van der Waals surface area contributed by atoms with E-state index in [0.29, 0.717) is 19.1 Å². The Hall–Kier alpha value is -0.580. The van der Waals surface area contributed by atoms with Crippen molar-refractivity contribution in [3.05, 3.63) is 29.8 Å². The van der Waals surface area contributed by atoms with Crippen molar-refractivity contribution >= 4 is 15.9 Å². The minimum Gasteiger partial charge on any atom is -0.496 e. The van der Waals surface area contributed by atoms with Crippen molar-refractivity contribution in [2.75, 3.05) is 39.4 Å². The number of halogens is 1. The van der Waals surface area contributed by atoms with Crippen molar-refractivity contribution in [2.45, 2.75) is 19.3 Å². The molecule has 0 heterocycles. The second-order valence-corrected chi connectivity index (χ2v) is 5.43. The van der Waals surface area contributed by atoms with Gasteiger partial charge in [-0.05, 0) is 36.8 Å². The first-order chi connectivity index (χ1) is 9.81. The van der Waals surface area contributed by atoms with E-state index < -0.39 is 0 Å². The Bertz CT molecular complexity index is 357. The minimum absolute atomic E-state index is 0.609. The molecule has 0 N–H and O–H groups in total. The first kappa shape index (κ1) is 17.5. The van der Waals surface area contributed by atoms with Gasteiger partial charge in [0.1, 0.15) is 5.75 Å². The molecule has 3 nitrogen and oxygen atoms in total. The van der Waals surface area contributed by atoms with Crippen LogP contribution in [0.15, 0.2) is 24.3 Å². The van der Waals surface area contributed by atoms with Gasteiger partial charge in [-0.2, -0.15) is 0 Å². The maximum Gasteiger partial charge on any atom is 0.122 e. The van der Waals surface area contributed by atoms with Crippen LogP contribution in [0.4, 0.5) is 0 Å². The summed E-state index contributed by atoms with van der Waals surface area (Å²) in [5.74, 6) is 1.59. The Kier molecular flexibility index (Phi) is 9.71. The molecule has 0 bridgehead atoms. The van der Waals surface area contributed by atoms with Crippen molar-refractivity contribution in [1.82, 2.24) is 0 Å². The lowest BCUT2D eigenvalue weighted by Gasteiger charge is -2.16. The average molecular weight is 345 g/mol. The highest BCUT2D eigenvalue weighted by molar-refractivity contribution is 9.09. The molecule has 20 heavy (non-hydrogen) atoms. The highest BCUT2D eigenvalue weighted by Crippen LogP contribution is 2.24. The van der Waals surface area contributed by atoms with E-state index in [-0.39, 0.29) is 0 Å². The van der Waals surface area contributed by atoms with Gasteiger partial charge in [-0.25, -0.2) is 0 Å². The maximum absolute atomic E-state index is 5.50. The van der Waals surface area contributed by atoms with Crippen LogP contribution >= 0.6 is 15.9 Å².